The van der Waals surface area contributed by atoms with Crippen LogP contribution in [0.4, 0.5) is 0 Å². The minimum absolute atomic E-state index is 0.132. The number of piperidine rings is 1. The molecule has 1 rings (SSSR count). The van der Waals surface area contributed by atoms with E-state index < -0.39 is 11.8 Å². The average molecular weight is 255 g/mol. The molecule has 1 fully saturated rings. The van der Waals surface area contributed by atoms with Gasteiger partial charge in [0.1, 0.15) is 0 Å². The van der Waals surface area contributed by atoms with Crippen molar-refractivity contribution in [3.63, 3.8) is 0 Å². The highest BCUT2D eigenvalue weighted by Crippen LogP contribution is 2.16. The van der Waals surface area contributed by atoms with Crippen LogP contribution in [0.1, 0.15) is 33.1 Å². The zero-order valence-electron chi connectivity index (χ0n) is 11.0. The van der Waals surface area contributed by atoms with Crippen molar-refractivity contribution < 1.29 is 14.4 Å². The molecule has 18 heavy (non-hydrogen) atoms. The second-order valence-corrected chi connectivity index (χ2v) is 4.58. The number of nitrogens with one attached hydrogen (secondary N) is 2. The first-order valence-electron chi connectivity index (χ1n) is 6.35. The summed E-state index contributed by atoms with van der Waals surface area (Å²) >= 11 is 0. The Labute approximate surface area is 107 Å². The van der Waals surface area contributed by atoms with E-state index in [9.17, 15) is 14.4 Å². The second kappa shape index (κ2) is 6.98. The Morgan fingerprint density at radius 1 is 1.17 bits per heavy atom. The van der Waals surface area contributed by atoms with E-state index in [2.05, 4.69) is 10.6 Å². The normalized spacial score (nSPS) is 19.2. The van der Waals surface area contributed by atoms with Crippen LogP contribution in [0.15, 0.2) is 0 Å². The van der Waals surface area contributed by atoms with Crippen molar-refractivity contribution >= 4 is 17.7 Å². The molecule has 0 spiro atoms. The fourth-order valence-electron chi connectivity index (χ4n) is 2.02. The predicted octanol–water partition coefficient (Wildman–Crippen LogP) is -0.360. The maximum absolute atomic E-state index is 11.9. The van der Waals surface area contributed by atoms with Gasteiger partial charge in [-0.25, -0.2) is 0 Å². The highest BCUT2D eigenvalue weighted by atomic mass is 16.2. The smallest absolute Gasteiger partial charge is 0.312 e. The van der Waals surface area contributed by atoms with Crippen LogP contribution in [-0.2, 0) is 14.4 Å². The average Bonchev–Trinajstić information content (AvgIpc) is 2.34. The van der Waals surface area contributed by atoms with Crippen molar-refractivity contribution in [3.05, 3.63) is 0 Å². The Hall–Kier alpha value is -1.59. The summed E-state index contributed by atoms with van der Waals surface area (Å²) in [6.45, 7) is 4.62. The summed E-state index contributed by atoms with van der Waals surface area (Å²) in [7, 11) is 0. The third-order valence-electron chi connectivity index (χ3n) is 3.04. The molecule has 1 aliphatic heterocycles. The summed E-state index contributed by atoms with van der Waals surface area (Å²) in [6.07, 6.45) is 3.01. The number of hydrogen-bond acceptors (Lipinski definition) is 3. The molecule has 0 radical (unpaired) electrons. The number of amides is 3. The molecule has 6 heteroatoms. The van der Waals surface area contributed by atoms with Crippen molar-refractivity contribution in [2.75, 3.05) is 19.6 Å². The summed E-state index contributed by atoms with van der Waals surface area (Å²) in [6, 6.07) is 0.132. The number of carbonyl (C=O) groups excluding carboxylic acids is 3. The Morgan fingerprint density at radius 2 is 1.83 bits per heavy atom. The number of nitrogens with zero attached hydrogens (tertiary/aromatic N) is 1. The van der Waals surface area contributed by atoms with Gasteiger partial charge in [-0.2, -0.15) is 0 Å². The summed E-state index contributed by atoms with van der Waals surface area (Å²) in [5, 5.41) is 5.06. The van der Waals surface area contributed by atoms with Crippen molar-refractivity contribution in [1.29, 1.82) is 0 Å². The molecule has 1 atom stereocenters. The van der Waals surface area contributed by atoms with Crippen LogP contribution in [0.25, 0.3) is 0 Å². The van der Waals surface area contributed by atoms with Crippen molar-refractivity contribution in [3.8, 4) is 0 Å². The van der Waals surface area contributed by atoms with Crippen LogP contribution in [0.5, 0.6) is 0 Å². The van der Waals surface area contributed by atoms with Crippen LogP contribution in [0, 0.1) is 0 Å². The minimum Gasteiger partial charge on any atom is -0.355 e. The van der Waals surface area contributed by atoms with E-state index >= 15 is 0 Å². The van der Waals surface area contributed by atoms with E-state index in [1.54, 1.807) is 4.90 Å². The maximum atomic E-state index is 11.9. The molecular formula is C12H21N3O3. The third kappa shape index (κ3) is 4.35. The molecule has 0 bridgehead atoms. The lowest BCUT2D eigenvalue weighted by Gasteiger charge is -2.32. The molecule has 0 aromatic heterocycles. The predicted molar refractivity (Wildman–Crippen MR) is 66.7 cm³/mol. The lowest BCUT2D eigenvalue weighted by atomic mass is 10.0. The molecule has 3 amide bonds. The van der Waals surface area contributed by atoms with E-state index in [1.165, 1.54) is 6.92 Å². The Kier molecular flexibility index (Phi) is 5.61. The van der Waals surface area contributed by atoms with E-state index in [4.69, 9.17) is 0 Å². The van der Waals surface area contributed by atoms with Gasteiger partial charge in [0, 0.05) is 32.6 Å². The first-order valence-corrected chi connectivity index (χ1v) is 6.35. The molecule has 0 saturated carbocycles. The fraction of sp³-hybridized carbons (Fsp3) is 0.750. The molecule has 0 aliphatic carbocycles. The molecule has 0 aromatic rings. The summed E-state index contributed by atoms with van der Waals surface area (Å²) < 4.78 is 0. The highest BCUT2D eigenvalue weighted by molar-refractivity contribution is 6.35. The van der Waals surface area contributed by atoms with E-state index in [0.29, 0.717) is 13.1 Å². The van der Waals surface area contributed by atoms with Gasteiger partial charge in [0.05, 0.1) is 0 Å². The number of likely N-dealkylation sites (tertiary alicyclic amines) is 1. The van der Waals surface area contributed by atoms with Crippen LogP contribution in [0.3, 0.4) is 0 Å². The molecule has 6 nitrogen and oxygen atoms in total. The first kappa shape index (κ1) is 14.5. The molecule has 0 aromatic carbocycles. The lowest BCUT2D eigenvalue weighted by Crippen LogP contribution is -2.49. The zero-order valence-corrected chi connectivity index (χ0v) is 11.0. The van der Waals surface area contributed by atoms with Crippen molar-refractivity contribution in [2.24, 2.45) is 0 Å². The monoisotopic (exact) mass is 255 g/mol. The minimum atomic E-state index is -0.589. The van der Waals surface area contributed by atoms with Gasteiger partial charge < -0.3 is 15.5 Å². The lowest BCUT2D eigenvalue weighted by molar-refractivity contribution is -0.148. The van der Waals surface area contributed by atoms with Crippen LogP contribution in [-0.4, -0.2) is 48.3 Å². The van der Waals surface area contributed by atoms with Crippen LogP contribution < -0.4 is 10.6 Å². The molecule has 1 heterocycles. The van der Waals surface area contributed by atoms with Gasteiger partial charge >= 0.3 is 11.8 Å². The van der Waals surface area contributed by atoms with E-state index in [0.717, 1.165) is 19.3 Å². The van der Waals surface area contributed by atoms with Gasteiger partial charge in [0.25, 0.3) is 0 Å². The van der Waals surface area contributed by atoms with Crippen molar-refractivity contribution in [2.45, 2.75) is 39.2 Å². The van der Waals surface area contributed by atoms with Crippen molar-refractivity contribution in [1.82, 2.24) is 15.5 Å². The Bertz CT molecular complexity index is 331. The standard InChI is InChI=1S/C12H21N3O3/c1-9-5-3-4-8-15(9)12(18)11(17)14-7-6-13-10(2)16/h9H,3-8H2,1-2H3,(H,13,16)(H,14,17). The highest BCUT2D eigenvalue weighted by Gasteiger charge is 2.27. The van der Waals surface area contributed by atoms with Gasteiger partial charge in [-0.15, -0.1) is 0 Å². The summed E-state index contributed by atoms with van der Waals surface area (Å²) in [5.41, 5.74) is 0. The van der Waals surface area contributed by atoms with Crippen LogP contribution in [0.2, 0.25) is 0 Å². The fourth-order valence-corrected chi connectivity index (χ4v) is 2.02. The van der Waals surface area contributed by atoms with Gasteiger partial charge in [-0.05, 0) is 26.2 Å². The Morgan fingerprint density at radius 3 is 2.44 bits per heavy atom. The maximum Gasteiger partial charge on any atom is 0.312 e. The SMILES string of the molecule is CC(=O)NCCNC(=O)C(=O)N1CCCCC1C. The second-order valence-electron chi connectivity index (χ2n) is 4.58. The number of carbonyl (C=O) groups is 3. The quantitative estimate of drug-likeness (QED) is 0.534. The van der Waals surface area contributed by atoms with E-state index in [1.807, 2.05) is 6.92 Å². The van der Waals surface area contributed by atoms with Gasteiger partial charge in [0.2, 0.25) is 5.91 Å². The van der Waals surface area contributed by atoms with E-state index in [-0.39, 0.29) is 18.5 Å². The Balaban J connectivity index is 2.32. The largest absolute Gasteiger partial charge is 0.355 e. The van der Waals surface area contributed by atoms with Crippen LogP contribution >= 0.6 is 0 Å². The van der Waals surface area contributed by atoms with Gasteiger partial charge in [-0.1, -0.05) is 0 Å². The molecular weight excluding hydrogens is 234 g/mol. The van der Waals surface area contributed by atoms with Gasteiger partial charge in [0.15, 0.2) is 0 Å². The first-order chi connectivity index (χ1) is 8.52. The molecule has 2 N–H and O–H groups in total. The topological polar surface area (TPSA) is 78.5 Å². The number of rotatable bonds is 3. The number of hydrogen-bond donors (Lipinski definition) is 2. The molecule has 1 aliphatic rings. The van der Waals surface area contributed by atoms with Gasteiger partial charge in [-0.3, -0.25) is 14.4 Å². The zero-order chi connectivity index (χ0) is 13.5. The molecule has 1 saturated heterocycles. The third-order valence-corrected chi connectivity index (χ3v) is 3.04. The molecule has 102 valence electrons. The summed E-state index contributed by atoms with van der Waals surface area (Å²) in [4.78, 5) is 35.7. The summed E-state index contributed by atoms with van der Waals surface area (Å²) in [5.74, 6) is -1.21. The molecule has 1 unspecified atom stereocenters.